The van der Waals surface area contributed by atoms with Crippen LogP contribution in [0.3, 0.4) is 0 Å². The fourth-order valence-corrected chi connectivity index (χ4v) is 2.34. The van der Waals surface area contributed by atoms with Crippen molar-refractivity contribution >= 4 is 0 Å². The molecule has 2 rings (SSSR count). The smallest absolute Gasteiger partial charge is 0.123 e. The minimum Gasteiger partial charge on any atom is -0.490 e. The molecule has 0 N–H and O–H groups in total. The molecule has 1 fully saturated rings. The Balaban J connectivity index is 1.63. The van der Waals surface area contributed by atoms with Crippen molar-refractivity contribution in [2.24, 2.45) is 0 Å². The summed E-state index contributed by atoms with van der Waals surface area (Å²) in [6.07, 6.45) is 12.0. The molecule has 2 heteroatoms. The Morgan fingerprint density at radius 3 is 2.81 bits per heavy atom. The second kappa shape index (κ2) is 8.23. The Morgan fingerprint density at radius 2 is 2.05 bits per heavy atom. The van der Waals surface area contributed by atoms with Gasteiger partial charge in [-0.1, -0.05) is 37.1 Å². The molecular formula is C19H28O2. The summed E-state index contributed by atoms with van der Waals surface area (Å²) in [5, 5.41) is 0. The lowest BCUT2D eigenvalue weighted by Crippen LogP contribution is -2.16. The molecule has 0 aromatic heterocycles. The number of rotatable bonds is 10. The fourth-order valence-electron chi connectivity index (χ4n) is 2.34. The quantitative estimate of drug-likeness (QED) is 0.346. The second-order valence-electron chi connectivity index (χ2n) is 6.20. The van der Waals surface area contributed by atoms with E-state index in [0.29, 0.717) is 6.61 Å². The van der Waals surface area contributed by atoms with Crippen molar-refractivity contribution in [3.63, 3.8) is 0 Å². The molecule has 2 nitrogen and oxygen atoms in total. The van der Waals surface area contributed by atoms with Gasteiger partial charge < -0.3 is 9.47 Å². The van der Waals surface area contributed by atoms with Crippen molar-refractivity contribution in [2.45, 2.75) is 58.0 Å². The third-order valence-corrected chi connectivity index (χ3v) is 3.90. The average molecular weight is 288 g/mol. The molecule has 1 unspecified atom stereocenters. The van der Waals surface area contributed by atoms with E-state index >= 15 is 0 Å². The molecule has 1 aromatic carbocycles. The SMILES string of the molecule is C/C=C/CCCCCCc1cccc(OCC2(C)CO2)c1. The summed E-state index contributed by atoms with van der Waals surface area (Å²) in [7, 11) is 0. The van der Waals surface area contributed by atoms with Crippen molar-refractivity contribution in [1.29, 1.82) is 0 Å². The van der Waals surface area contributed by atoms with Gasteiger partial charge in [0.25, 0.3) is 0 Å². The highest BCUT2D eigenvalue weighted by Gasteiger charge is 2.40. The fraction of sp³-hybridized carbons (Fsp3) is 0.579. The van der Waals surface area contributed by atoms with Crippen LogP contribution in [0.2, 0.25) is 0 Å². The summed E-state index contributed by atoms with van der Waals surface area (Å²) in [5.74, 6) is 0.970. The van der Waals surface area contributed by atoms with E-state index in [-0.39, 0.29) is 5.60 Å². The van der Waals surface area contributed by atoms with Crippen LogP contribution < -0.4 is 4.74 Å². The first kappa shape index (κ1) is 16.1. The third kappa shape index (κ3) is 6.34. The van der Waals surface area contributed by atoms with Crippen LogP contribution >= 0.6 is 0 Å². The van der Waals surface area contributed by atoms with E-state index < -0.39 is 0 Å². The summed E-state index contributed by atoms with van der Waals surface area (Å²) in [6, 6.07) is 8.49. The summed E-state index contributed by atoms with van der Waals surface area (Å²) >= 11 is 0. The van der Waals surface area contributed by atoms with E-state index in [1.165, 1.54) is 37.7 Å². The van der Waals surface area contributed by atoms with E-state index in [1.807, 2.05) is 6.07 Å². The zero-order valence-corrected chi connectivity index (χ0v) is 13.4. The van der Waals surface area contributed by atoms with Gasteiger partial charge in [0.05, 0.1) is 6.61 Å². The second-order valence-corrected chi connectivity index (χ2v) is 6.20. The molecule has 21 heavy (non-hydrogen) atoms. The van der Waals surface area contributed by atoms with Crippen LogP contribution in [0.15, 0.2) is 36.4 Å². The van der Waals surface area contributed by atoms with Crippen molar-refractivity contribution in [3.05, 3.63) is 42.0 Å². The summed E-state index contributed by atoms with van der Waals surface area (Å²) in [5.41, 5.74) is 1.34. The predicted octanol–water partition coefficient (Wildman–Crippen LogP) is 4.92. The Bertz CT molecular complexity index is 447. The Hall–Kier alpha value is -1.28. The van der Waals surface area contributed by atoms with Gasteiger partial charge in [0.1, 0.15) is 18.0 Å². The standard InChI is InChI=1S/C19H28O2/c1-3-4-5-6-7-8-9-11-17-12-10-13-18(14-17)20-15-19(2)16-21-19/h3-4,10,12-14H,5-9,11,15-16H2,1-2H3/b4-3+. The molecule has 1 aliphatic heterocycles. The summed E-state index contributed by atoms with van der Waals surface area (Å²) in [6.45, 7) is 5.65. The molecule has 1 aliphatic rings. The lowest BCUT2D eigenvalue weighted by molar-refractivity contribution is 0.202. The molecule has 1 atom stereocenters. The molecule has 0 amide bonds. The van der Waals surface area contributed by atoms with E-state index in [2.05, 4.69) is 44.2 Å². The van der Waals surface area contributed by atoms with Crippen LogP contribution in [0.1, 0.15) is 51.5 Å². The minimum atomic E-state index is -0.0387. The number of ether oxygens (including phenoxy) is 2. The first-order valence-corrected chi connectivity index (χ1v) is 8.19. The van der Waals surface area contributed by atoms with Crippen LogP contribution in [0.4, 0.5) is 0 Å². The molecule has 1 heterocycles. The molecule has 0 aliphatic carbocycles. The first-order valence-electron chi connectivity index (χ1n) is 8.19. The molecule has 116 valence electrons. The number of hydrogen-bond acceptors (Lipinski definition) is 2. The summed E-state index contributed by atoms with van der Waals surface area (Å²) in [4.78, 5) is 0. The van der Waals surface area contributed by atoms with Gasteiger partial charge in [0.2, 0.25) is 0 Å². The normalized spacial score (nSPS) is 20.9. The number of aryl methyl sites for hydroxylation is 1. The Morgan fingerprint density at radius 1 is 1.24 bits per heavy atom. The van der Waals surface area contributed by atoms with Crippen molar-refractivity contribution < 1.29 is 9.47 Å². The highest BCUT2D eigenvalue weighted by atomic mass is 16.6. The van der Waals surface area contributed by atoms with Crippen LogP contribution in [0.25, 0.3) is 0 Å². The zero-order chi connectivity index (χ0) is 15.0. The lowest BCUT2D eigenvalue weighted by Gasteiger charge is -2.10. The van der Waals surface area contributed by atoms with Gasteiger partial charge in [0, 0.05) is 0 Å². The molecule has 1 saturated heterocycles. The summed E-state index contributed by atoms with van der Waals surface area (Å²) < 4.78 is 11.2. The van der Waals surface area contributed by atoms with Gasteiger partial charge in [0.15, 0.2) is 0 Å². The van der Waals surface area contributed by atoms with Crippen LogP contribution in [0.5, 0.6) is 5.75 Å². The number of unbranched alkanes of at least 4 members (excludes halogenated alkanes) is 4. The number of epoxide rings is 1. The minimum absolute atomic E-state index is 0.0387. The molecule has 0 radical (unpaired) electrons. The first-order chi connectivity index (χ1) is 10.2. The van der Waals surface area contributed by atoms with E-state index in [9.17, 15) is 0 Å². The average Bonchev–Trinajstić information content (AvgIpc) is 3.23. The maximum Gasteiger partial charge on any atom is 0.123 e. The van der Waals surface area contributed by atoms with E-state index in [0.717, 1.165) is 18.8 Å². The highest BCUT2D eigenvalue weighted by Crippen LogP contribution is 2.27. The third-order valence-electron chi connectivity index (χ3n) is 3.90. The lowest BCUT2D eigenvalue weighted by atomic mass is 10.1. The maximum absolute atomic E-state index is 5.81. The van der Waals surface area contributed by atoms with Crippen molar-refractivity contribution in [3.8, 4) is 5.75 Å². The van der Waals surface area contributed by atoms with Gasteiger partial charge >= 0.3 is 0 Å². The molecule has 0 bridgehead atoms. The predicted molar refractivity (Wildman–Crippen MR) is 87.9 cm³/mol. The van der Waals surface area contributed by atoms with Gasteiger partial charge in [-0.05, 0) is 57.2 Å². The van der Waals surface area contributed by atoms with Gasteiger partial charge in [-0.25, -0.2) is 0 Å². The Kier molecular flexibility index (Phi) is 6.31. The number of benzene rings is 1. The van der Waals surface area contributed by atoms with E-state index in [1.54, 1.807) is 0 Å². The molecule has 0 spiro atoms. The maximum atomic E-state index is 5.81. The number of allylic oxidation sites excluding steroid dienone is 2. The van der Waals surface area contributed by atoms with Crippen LogP contribution in [-0.4, -0.2) is 18.8 Å². The van der Waals surface area contributed by atoms with Crippen LogP contribution in [0, 0.1) is 0 Å². The van der Waals surface area contributed by atoms with E-state index in [4.69, 9.17) is 9.47 Å². The van der Waals surface area contributed by atoms with Crippen molar-refractivity contribution in [2.75, 3.05) is 13.2 Å². The Labute approximate surface area is 129 Å². The molecular weight excluding hydrogens is 260 g/mol. The zero-order valence-electron chi connectivity index (χ0n) is 13.4. The van der Waals surface area contributed by atoms with Crippen molar-refractivity contribution in [1.82, 2.24) is 0 Å². The highest BCUT2D eigenvalue weighted by molar-refractivity contribution is 5.28. The number of hydrogen-bond donors (Lipinski definition) is 0. The van der Waals surface area contributed by atoms with Crippen LogP contribution in [-0.2, 0) is 11.2 Å². The van der Waals surface area contributed by atoms with Gasteiger partial charge in [-0.2, -0.15) is 0 Å². The van der Waals surface area contributed by atoms with Gasteiger partial charge in [-0.15, -0.1) is 0 Å². The van der Waals surface area contributed by atoms with Gasteiger partial charge in [-0.3, -0.25) is 0 Å². The largest absolute Gasteiger partial charge is 0.490 e. The topological polar surface area (TPSA) is 21.8 Å². The molecule has 1 aromatic rings. The molecule has 0 saturated carbocycles. The monoisotopic (exact) mass is 288 g/mol.